The summed E-state index contributed by atoms with van der Waals surface area (Å²) in [6.45, 7) is 0.0767. The van der Waals surface area contributed by atoms with Crippen molar-refractivity contribution in [3.8, 4) is 5.75 Å². The Morgan fingerprint density at radius 2 is 2.00 bits per heavy atom. The normalized spacial score (nSPS) is 18.1. The van der Waals surface area contributed by atoms with Crippen LogP contribution in [-0.4, -0.2) is 44.1 Å². The third-order valence-corrected chi connectivity index (χ3v) is 5.75. The molecule has 1 aliphatic rings. The van der Waals surface area contributed by atoms with Gasteiger partial charge in [0, 0.05) is 19.3 Å². The molecule has 1 saturated carbocycles. The number of nitrogens with two attached hydrogens (primary N) is 1. The Morgan fingerprint density at radius 3 is 2.57 bits per heavy atom. The number of ether oxygens (including phenoxy) is 1. The van der Waals surface area contributed by atoms with Crippen molar-refractivity contribution >= 4 is 15.7 Å². The molecule has 0 aliphatic heterocycles. The van der Waals surface area contributed by atoms with E-state index < -0.39 is 15.6 Å². The fourth-order valence-electron chi connectivity index (χ4n) is 2.75. The first-order valence-corrected chi connectivity index (χ1v) is 8.35. The molecular formula is C14H22N2O4S. The van der Waals surface area contributed by atoms with Gasteiger partial charge in [-0.15, -0.1) is 0 Å². The van der Waals surface area contributed by atoms with Crippen molar-refractivity contribution in [3.63, 3.8) is 0 Å². The van der Waals surface area contributed by atoms with Crippen LogP contribution in [0.3, 0.4) is 0 Å². The number of likely N-dealkylation sites (N-methyl/N-ethyl adjacent to an activating group) is 1. The van der Waals surface area contributed by atoms with Gasteiger partial charge in [-0.25, -0.2) is 8.42 Å². The van der Waals surface area contributed by atoms with E-state index in [0.717, 1.165) is 12.8 Å². The molecule has 2 rings (SSSR count). The van der Waals surface area contributed by atoms with Crippen molar-refractivity contribution in [1.29, 1.82) is 0 Å². The van der Waals surface area contributed by atoms with Crippen LogP contribution in [0.25, 0.3) is 0 Å². The standard InChI is InChI=1S/C14H22N2O4S/c1-16(10-14(17)7-3-4-8-14)21(18,19)13-9-11(15)5-6-12(13)20-2/h5-6,9,17H,3-4,7-8,10,15H2,1-2H3. The number of sulfonamides is 1. The fraction of sp³-hybridized carbons (Fsp3) is 0.571. The first kappa shape index (κ1) is 16.1. The van der Waals surface area contributed by atoms with Gasteiger partial charge in [0.05, 0.1) is 12.7 Å². The van der Waals surface area contributed by atoms with Crippen LogP contribution in [0.15, 0.2) is 23.1 Å². The van der Waals surface area contributed by atoms with Crippen LogP contribution in [0.4, 0.5) is 5.69 Å². The molecule has 118 valence electrons. The van der Waals surface area contributed by atoms with Gasteiger partial charge in [0.15, 0.2) is 0 Å². The van der Waals surface area contributed by atoms with Gasteiger partial charge < -0.3 is 15.6 Å². The Morgan fingerprint density at radius 1 is 1.38 bits per heavy atom. The van der Waals surface area contributed by atoms with Crippen molar-refractivity contribution in [3.05, 3.63) is 18.2 Å². The summed E-state index contributed by atoms with van der Waals surface area (Å²) in [5.74, 6) is 0.245. The third kappa shape index (κ3) is 3.30. The SMILES string of the molecule is COc1ccc(N)cc1S(=O)(=O)N(C)CC1(O)CCCC1. The average molecular weight is 314 g/mol. The lowest BCUT2D eigenvalue weighted by Crippen LogP contribution is -2.42. The first-order valence-electron chi connectivity index (χ1n) is 6.91. The number of nitrogens with zero attached hydrogens (tertiary/aromatic N) is 1. The lowest BCUT2D eigenvalue weighted by atomic mass is 10.0. The van der Waals surface area contributed by atoms with Gasteiger partial charge in [0.25, 0.3) is 0 Å². The van der Waals surface area contributed by atoms with E-state index in [2.05, 4.69) is 0 Å². The molecule has 0 heterocycles. The van der Waals surface area contributed by atoms with Crippen LogP contribution in [0, 0.1) is 0 Å². The Balaban J connectivity index is 2.31. The number of benzene rings is 1. The largest absolute Gasteiger partial charge is 0.495 e. The van der Waals surface area contributed by atoms with Crippen molar-refractivity contribution in [2.75, 3.05) is 26.4 Å². The second-order valence-electron chi connectivity index (χ2n) is 5.60. The number of hydrogen-bond acceptors (Lipinski definition) is 5. The molecule has 6 nitrogen and oxygen atoms in total. The van der Waals surface area contributed by atoms with Crippen LogP contribution < -0.4 is 10.5 Å². The molecule has 1 fully saturated rings. The van der Waals surface area contributed by atoms with Gasteiger partial charge in [0.1, 0.15) is 10.6 Å². The molecule has 7 heteroatoms. The number of hydrogen-bond donors (Lipinski definition) is 2. The van der Waals surface area contributed by atoms with E-state index in [0.29, 0.717) is 18.5 Å². The van der Waals surface area contributed by atoms with Gasteiger partial charge in [0.2, 0.25) is 10.0 Å². The van der Waals surface area contributed by atoms with Crippen molar-refractivity contribution in [2.45, 2.75) is 36.2 Å². The minimum atomic E-state index is -3.76. The van der Waals surface area contributed by atoms with Crippen LogP contribution >= 0.6 is 0 Å². The number of methoxy groups -OCH3 is 1. The summed E-state index contributed by atoms with van der Waals surface area (Å²) in [6, 6.07) is 4.49. The molecule has 0 radical (unpaired) electrons. The summed E-state index contributed by atoms with van der Waals surface area (Å²) in [5.41, 5.74) is 5.09. The van der Waals surface area contributed by atoms with Crippen molar-refractivity contribution in [1.82, 2.24) is 4.31 Å². The van der Waals surface area contributed by atoms with Crippen molar-refractivity contribution in [2.24, 2.45) is 0 Å². The van der Waals surface area contributed by atoms with E-state index in [1.807, 2.05) is 0 Å². The minimum Gasteiger partial charge on any atom is -0.495 e. The molecule has 0 bridgehead atoms. The predicted octanol–water partition coefficient (Wildman–Crippen LogP) is 1.20. The minimum absolute atomic E-state index is 0.0223. The second kappa shape index (κ2) is 5.82. The molecule has 0 amide bonds. The molecule has 21 heavy (non-hydrogen) atoms. The Kier molecular flexibility index (Phi) is 4.46. The number of rotatable bonds is 5. The quantitative estimate of drug-likeness (QED) is 0.797. The highest BCUT2D eigenvalue weighted by Gasteiger charge is 2.36. The van der Waals surface area contributed by atoms with Crippen LogP contribution in [0.2, 0.25) is 0 Å². The first-order chi connectivity index (χ1) is 9.78. The molecule has 0 atom stereocenters. The van der Waals surface area contributed by atoms with E-state index in [-0.39, 0.29) is 17.2 Å². The summed E-state index contributed by atoms with van der Waals surface area (Å²) in [6.07, 6.45) is 3.10. The van der Waals surface area contributed by atoms with E-state index in [1.165, 1.54) is 30.6 Å². The second-order valence-corrected chi connectivity index (χ2v) is 7.62. The maximum atomic E-state index is 12.7. The van der Waals surface area contributed by atoms with Gasteiger partial charge in [-0.2, -0.15) is 4.31 Å². The zero-order valence-corrected chi connectivity index (χ0v) is 13.2. The highest BCUT2D eigenvalue weighted by molar-refractivity contribution is 7.89. The molecule has 1 aromatic carbocycles. The van der Waals surface area contributed by atoms with Gasteiger partial charge in [-0.05, 0) is 31.0 Å². The third-order valence-electron chi connectivity index (χ3n) is 3.93. The van der Waals surface area contributed by atoms with Gasteiger partial charge in [-0.1, -0.05) is 12.8 Å². The van der Waals surface area contributed by atoms with Gasteiger partial charge >= 0.3 is 0 Å². The maximum Gasteiger partial charge on any atom is 0.246 e. The molecule has 0 spiro atoms. The van der Waals surface area contributed by atoms with Crippen LogP contribution in [-0.2, 0) is 10.0 Å². The molecule has 1 aromatic rings. The fourth-order valence-corrected chi connectivity index (χ4v) is 4.19. The zero-order chi connectivity index (χ0) is 15.7. The molecule has 0 aromatic heterocycles. The summed E-state index contributed by atoms with van der Waals surface area (Å²) < 4.78 is 31.6. The predicted molar refractivity (Wildman–Crippen MR) is 80.6 cm³/mol. The summed E-state index contributed by atoms with van der Waals surface area (Å²) >= 11 is 0. The highest BCUT2D eigenvalue weighted by atomic mass is 32.2. The van der Waals surface area contributed by atoms with Gasteiger partial charge in [-0.3, -0.25) is 0 Å². The summed E-state index contributed by atoms with van der Waals surface area (Å²) in [5, 5.41) is 10.4. The molecule has 3 N–H and O–H groups in total. The topological polar surface area (TPSA) is 92.9 Å². The molecular weight excluding hydrogens is 292 g/mol. The lowest BCUT2D eigenvalue weighted by molar-refractivity contribution is 0.0333. The monoisotopic (exact) mass is 314 g/mol. The maximum absolute atomic E-state index is 12.7. The average Bonchev–Trinajstić information content (AvgIpc) is 2.85. The van der Waals surface area contributed by atoms with E-state index in [1.54, 1.807) is 6.07 Å². The molecule has 1 aliphatic carbocycles. The Labute approximate surface area is 125 Å². The number of aliphatic hydroxyl groups is 1. The smallest absolute Gasteiger partial charge is 0.246 e. The van der Waals surface area contributed by atoms with E-state index in [9.17, 15) is 13.5 Å². The van der Waals surface area contributed by atoms with Crippen LogP contribution in [0.1, 0.15) is 25.7 Å². The molecule has 0 unspecified atom stereocenters. The Bertz CT molecular complexity index is 609. The molecule has 0 saturated heterocycles. The van der Waals surface area contributed by atoms with Crippen molar-refractivity contribution < 1.29 is 18.3 Å². The zero-order valence-electron chi connectivity index (χ0n) is 12.4. The van der Waals surface area contributed by atoms with E-state index >= 15 is 0 Å². The lowest BCUT2D eigenvalue weighted by Gasteiger charge is -2.28. The summed E-state index contributed by atoms with van der Waals surface area (Å²) in [7, 11) is -0.883. The Hall–Kier alpha value is -1.31. The summed E-state index contributed by atoms with van der Waals surface area (Å²) in [4.78, 5) is 0.0223. The number of nitrogen functional groups attached to an aromatic ring is 1. The number of anilines is 1. The highest BCUT2D eigenvalue weighted by Crippen LogP contribution is 2.33. The van der Waals surface area contributed by atoms with E-state index in [4.69, 9.17) is 10.5 Å². The van der Waals surface area contributed by atoms with Crippen LogP contribution in [0.5, 0.6) is 5.75 Å².